The van der Waals surface area contributed by atoms with Gasteiger partial charge in [0.1, 0.15) is 0 Å². The smallest absolute Gasteiger partial charge is 0.254 e. The number of amides is 1. The molecule has 0 bridgehead atoms. The number of carbonyl (C=O) groups excluding carboxylic acids is 1. The van der Waals surface area contributed by atoms with Gasteiger partial charge in [-0.2, -0.15) is 0 Å². The van der Waals surface area contributed by atoms with Crippen LogP contribution in [-0.2, 0) is 0 Å². The van der Waals surface area contributed by atoms with E-state index in [4.69, 9.17) is 0 Å². The summed E-state index contributed by atoms with van der Waals surface area (Å²) < 4.78 is 39.3. The summed E-state index contributed by atoms with van der Waals surface area (Å²) in [7, 11) is 1.90. The molecule has 1 heterocycles. The van der Waals surface area contributed by atoms with Crippen LogP contribution in [0.1, 0.15) is 29.6 Å². The predicted octanol–water partition coefficient (Wildman–Crippen LogP) is 2.99. The first kappa shape index (κ1) is 18.8. The molecule has 1 saturated heterocycles. The van der Waals surface area contributed by atoms with Gasteiger partial charge in [-0.3, -0.25) is 4.79 Å². The van der Waals surface area contributed by atoms with Gasteiger partial charge in [0.15, 0.2) is 17.5 Å². The first-order valence-corrected chi connectivity index (χ1v) is 7.11. The van der Waals surface area contributed by atoms with Gasteiger partial charge in [-0.15, -0.1) is 12.4 Å². The third kappa shape index (κ3) is 4.36. The number of rotatable bonds is 4. The van der Waals surface area contributed by atoms with Crippen molar-refractivity contribution in [2.45, 2.75) is 19.3 Å². The van der Waals surface area contributed by atoms with Gasteiger partial charge in [0, 0.05) is 18.7 Å². The van der Waals surface area contributed by atoms with Crippen molar-refractivity contribution < 1.29 is 18.0 Å². The minimum Gasteiger partial charge on any atom is -0.339 e. The molecule has 3 nitrogen and oxygen atoms in total. The lowest BCUT2D eigenvalue weighted by Crippen LogP contribution is -2.39. The fourth-order valence-electron chi connectivity index (χ4n) is 2.63. The van der Waals surface area contributed by atoms with E-state index in [1.165, 1.54) is 0 Å². The Kier molecular flexibility index (Phi) is 7.16. The first-order chi connectivity index (χ1) is 10.0. The number of likely N-dealkylation sites (tertiary alicyclic amines) is 1. The van der Waals surface area contributed by atoms with Crippen LogP contribution >= 0.6 is 12.4 Å². The molecule has 2 rings (SSSR count). The van der Waals surface area contributed by atoms with Gasteiger partial charge in [-0.1, -0.05) is 0 Å². The molecule has 1 fully saturated rings. The summed E-state index contributed by atoms with van der Waals surface area (Å²) in [5, 5.41) is 3.09. The fraction of sp³-hybridized carbons (Fsp3) is 0.533. The molecule has 1 aromatic rings. The van der Waals surface area contributed by atoms with Crippen molar-refractivity contribution >= 4 is 18.3 Å². The molecule has 1 aliphatic heterocycles. The zero-order valence-corrected chi connectivity index (χ0v) is 13.2. The van der Waals surface area contributed by atoms with Gasteiger partial charge in [0.05, 0.1) is 0 Å². The summed E-state index contributed by atoms with van der Waals surface area (Å²) in [6.07, 6.45) is 2.80. The number of hydrogen-bond donors (Lipinski definition) is 1. The number of carbonyl (C=O) groups is 1. The van der Waals surface area contributed by atoms with Crippen molar-refractivity contribution in [3.8, 4) is 0 Å². The number of benzene rings is 1. The second kappa shape index (κ2) is 8.39. The molecule has 1 aliphatic rings. The van der Waals surface area contributed by atoms with Crippen molar-refractivity contribution in [3.05, 3.63) is 35.1 Å². The maximum Gasteiger partial charge on any atom is 0.254 e. The van der Waals surface area contributed by atoms with E-state index in [0.717, 1.165) is 37.9 Å². The highest BCUT2D eigenvalue weighted by Gasteiger charge is 2.25. The van der Waals surface area contributed by atoms with Crippen LogP contribution in [0.25, 0.3) is 0 Å². The van der Waals surface area contributed by atoms with E-state index in [9.17, 15) is 18.0 Å². The molecule has 0 spiro atoms. The fourth-order valence-corrected chi connectivity index (χ4v) is 2.63. The molecular weight excluding hydrogens is 317 g/mol. The highest BCUT2D eigenvalue weighted by Crippen LogP contribution is 2.22. The molecule has 1 amide bonds. The molecule has 1 N–H and O–H groups in total. The highest BCUT2D eigenvalue weighted by molar-refractivity contribution is 5.94. The third-order valence-electron chi connectivity index (χ3n) is 3.94. The predicted molar refractivity (Wildman–Crippen MR) is 80.7 cm³/mol. The monoisotopic (exact) mass is 336 g/mol. The number of hydrogen-bond acceptors (Lipinski definition) is 2. The molecule has 0 atom stereocenters. The minimum absolute atomic E-state index is 0. The largest absolute Gasteiger partial charge is 0.339 e. The summed E-state index contributed by atoms with van der Waals surface area (Å²) in [5.74, 6) is -4.09. The molecule has 0 aromatic heterocycles. The molecule has 1 aromatic carbocycles. The maximum atomic E-state index is 13.2. The standard InChI is InChI=1S/C15H19F3N2O.ClH/c1-19-5-2-10-3-6-20(7-4-10)15(21)11-8-12(16)14(18)13(17)9-11;/h8-10,19H,2-7H2,1H3;1H. The Morgan fingerprint density at radius 2 is 1.77 bits per heavy atom. The number of nitrogens with one attached hydrogen (secondary N) is 1. The molecular formula is C15H20ClF3N2O. The van der Waals surface area contributed by atoms with E-state index in [-0.39, 0.29) is 18.0 Å². The zero-order valence-electron chi connectivity index (χ0n) is 12.4. The van der Waals surface area contributed by atoms with Crippen LogP contribution in [0.15, 0.2) is 12.1 Å². The average Bonchev–Trinajstić information content (AvgIpc) is 2.50. The summed E-state index contributed by atoms with van der Waals surface area (Å²) in [5.41, 5.74) is -0.139. The first-order valence-electron chi connectivity index (χ1n) is 7.11. The lowest BCUT2D eigenvalue weighted by molar-refractivity contribution is 0.0686. The van der Waals surface area contributed by atoms with Gasteiger partial charge in [0.25, 0.3) is 5.91 Å². The lowest BCUT2D eigenvalue weighted by atomic mass is 9.93. The Labute approximate surface area is 134 Å². The van der Waals surface area contributed by atoms with E-state index in [0.29, 0.717) is 19.0 Å². The third-order valence-corrected chi connectivity index (χ3v) is 3.94. The van der Waals surface area contributed by atoms with Crippen LogP contribution < -0.4 is 5.32 Å². The normalized spacial score (nSPS) is 15.5. The Morgan fingerprint density at radius 3 is 2.27 bits per heavy atom. The Morgan fingerprint density at radius 1 is 1.23 bits per heavy atom. The van der Waals surface area contributed by atoms with E-state index >= 15 is 0 Å². The van der Waals surface area contributed by atoms with Gasteiger partial charge < -0.3 is 10.2 Å². The van der Waals surface area contributed by atoms with Gasteiger partial charge in [-0.25, -0.2) is 13.2 Å². The van der Waals surface area contributed by atoms with Crippen LogP contribution in [0.2, 0.25) is 0 Å². The van der Waals surface area contributed by atoms with Crippen molar-refractivity contribution in [1.29, 1.82) is 0 Å². The highest BCUT2D eigenvalue weighted by atomic mass is 35.5. The van der Waals surface area contributed by atoms with Crippen LogP contribution in [0, 0.1) is 23.4 Å². The second-order valence-corrected chi connectivity index (χ2v) is 5.38. The molecule has 22 heavy (non-hydrogen) atoms. The van der Waals surface area contributed by atoms with E-state index in [1.54, 1.807) is 4.90 Å². The summed E-state index contributed by atoms with van der Waals surface area (Å²) in [6, 6.07) is 1.52. The summed E-state index contributed by atoms with van der Waals surface area (Å²) >= 11 is 0. The van der Waals surface area contributed by atoms with E-state index in [2.05, 4.69) is 5.32 Å². The molecule has 0 aliphatic carbocycles. The topological polar surface area (TPSA) is 32.3 Å². The SMILES string of the molecule is CNCCC1CCN(C(=O)c2cc(F)c(F)c(F)c2)CC1.Cl. The Hall–Kier alpha value is -1.27. The maximum absolute atomic E-state index is 13.2. The number of nitrogens with zero attached hydrogens (tertiary/aromatic N) is 1. The Bertz CT molecular complexity index is 497. The molecule has 0 unspecified atom stereocenters. The number of piperidine rings is 1. The van der Waals surface area contributed by atoms with E-state index in [1.807, 2.05) is 7.05 Å². The molecule has 7 heteroatoms. The average molecular weight is 337 g/mol. The Balaban J connectivity index is 0.00000242. The quantitative estimate of drug-likeness (QED) is 0.857. The van der Waals surface area contributed by atoms with Crippen molar-refractivity contribution in [2.24, 2.45) is 5.92 Å². The van der Waals surface area contributed by atoms with Crippen molar-refractivity contribution in [2.75, 3.05) is 26.7 Å². The van der Waals surface area contributed by atoms with Crippen LogP contribution in [-0.4, -0.2) is 37.5 Å². The molecule has 0 radical (unpaired) electrons. The summed E-state index contributed by atoms with van der Waals surface area (Å²) in [4.78, 5) is 13.8. The van der Waals surface area contributed by atoms with Crippen LogP contribution in [0.3, 0.4) is 0 Å². The zero-order chi connectivity index (χ0) is 15.4. The minimum atomic E-state index is -1.54. The van der Waals surface area contributed by atoms with Gasteiger partial charge >= 0.3 is 0 Å². The van der Waals surface area contributed by atoms with Crippen LogP contribution in [0.4, 0.5) is 13.2 Å². The second-order valence-electron chi connectivity index (χ2n) is 5.38. The molecule has 0 saturated carbocycles. The van der Waals surface area contributed by atoms with Gasteiger partial charge in [-0.05, 0) is 50.9 Å². The molecule has 124 valence electrons. The van der Waals surface area contributed by atoms with Crippen molar-refractivity contribution in [3.63, 3.8) is 0 Å². The lowest BCUT2D eigenvalue weighted by Gasteiger charge is -2.32. The van der Waals surface area contributed by atoms with Crippen molar-refractivity contribution in [1.82, 2.24) is 10.2 Å². The van der Waals surface area contributed by atoms with Gasteiger partial charge in [0.2, 0.25) is 0 Å². The summed E-state index contributed by atoms with van der Waals surface area (Å²) in [6.45, 7) is 2.06. The number of halogens is 4. The van der Waals surface area contributed by atoms with E-state index < -0.39 is 23.4 Å². The van der Waals surface area contributed by atoms with Crippen LogP contribution in [0.5, 0.6) is 0 Å².